The lowest BCUT2D eigenvalue weighted by Crippen LogP contribution is -2.32. The van der Waals surface area contributed by atoms with Crippen molar-refractivity contribution in [1.82, 2.24) is 5.06 Å². The topological polar surface area (TPSA) is 63.7 Å². The summed E-state index contributed by atoms with van der Waals surface area (Å²) in [6.45, 7) is 0. The summed E-state index contributed by atoms with van der Waals surface area (Å²) in [6.07, 6.45) is -0.115. The lowest BCUT2D eigenvalue weighted by atomic mass is 10.2. The highest BCUT2D eigenvalue weighted by molar-refractivity contribution is 6.02. The number of nitrogens with zero attached hydrogens (tertiary/aromatic N) is 1. The van der Waals surface area contributed by atoms with E-state index in [-0.39, 0.29) is 12.8 Å². The minimum absolute atomic E-state index is 0.0575. The van der Waals surface area contributed by atoms with Crippen molar-refractivity contribution in [2.45, 2.75) is 12.8 Å². The minimum atomic E-state index is -1.23. The molecule has 7 heteroatoms. The number of hydroxylamine groups is 2. The number of rotatable bonds is 2. The van der Waals surface area contributed by atoms with Crippen LogP contribution in [0.3, 0.4) is 0 Å². The molecule has 0 radical (unpaired) electrons. The van der Waals surface area contributed by atoms with Crippen LogP contribution in [0.25, 0.3) is 0 Å². The van der Waals surface area contributed by atoms with Crippen molar-refractivity contribution in [2.75, 3.05) is 0 Å². The molecule has 0 bridgehead atoms. The fourth-order valence-electron chi connectivity index (χ4n) is 1.44. The highest BCUT2D eigenvalue weighted by atomic mass is 19.1. The second-order valence-corrected chi connectivity index (χ2v) is 3.58. The van der Waals surface area contributed by atoms with E-state index < -0.39 is 35.0 Å². The van der Waals surface area contributed by atoms with Crippen molar-refractivity contribution in [3.63, 3.8) is 0 Å². The molecule has 1 aliphatic rings. The number of halogens is 2. The molecule has 18 heavy (non-hydrogen) atoms. The van der Waals surface area contributed by atoms with Crippen LogP contribution >= 0.6 is 0 Å². The largest absolute Gasteiger partial charge is 0.366 e. The Morgan fingerprint density at radius 3 is 2.33 bits per heavy atom. The quantitative estimate of drug-likeness (QED) is 0.744. The third-order valence-corrected chi connectivity index (χ3v) is 2.33. The number of carbonyl (C=O) groups is 3. The van der Waals surface area contributed by atoms with Crippen LogP contribution < -0.4 is 0 Å². The molecule has 0 saturated carbocycles. The van der Waals surface area contributed by atoms with E-state index in [4.69, 9.17) is 0 Å². The van der Waals surface area contributed by atoms with Crippen molar-refractivity contribution in [2.24, 2.45) is 0 Å². The Morgan fingerprint density at radius 2 is 1.78 bits per heavy atom. The Morgan fingerprint density at radius 1 is 1.17 bits per heavy atom. The molecule has 0 aliphatic carbocycles. The normalized spacial score (nSPS) is 15.1. The monoisotopic (exact) mass is 255 g/mol. The third kappa shape index (κ3) is 2.20. The van der Waals surface area contributed by atoms with Crippen LogP contribution in [-0.2, 0) is 14.4 Å². The van der Waals surface area contributed by atoms with Gasteiger partial charge in [-0.25, -0.2) is 13.6 Å². The molecule has 1 aromatic carbocycles. The van der Waals surface area contributed by atoms with Crippen molar-refractivity contribution in [3.8, 4) is 0 Å². The number of hydrogen-bond acceptors (Lipinski definition) is 4. The molecule has 2 rings (SSSR count). The van der Waals surface area contributed by atoms with Gasteiger partial charge < -0.3 is 4.84 Å². The van der Waals surface area contributed by atoms with Gasteiger partial charge in [-0.15, -0.1) is 5.06 Å². The lowest BCUT2D eigenvalue weighted by molar-refractivity contribution is -0.172. The molecular formula is C11H7F2NO4. The number of imide groups is 1. The summed E-state index contributed by atoms with van der Waals surface area (Å²) >= 11 is 0. The Balaban J connectivity index is 2.17. The number of benzene rings is 1. The smallest absolute Gasteiger partial charge is 0.325 e. The van der Waals surface area contributed by atoms with Gasteiger partial charge in [0.25, 0.3) is 11.8 Å². The van der Waals surface area contributed by atoms with Gasteiger partial charge >= 0.3 is 5.97 Å². The zero-order valence-electron chi connectivity index (χ0n) is 8.98. The lowest BCUT2D eigenvalue weighted by Gasteiger charge is -2.12. The Bertz CT molecular complexity index is 528. The predicted molar refractivity (Wildman–Crippen MR) is 52.9 cm³/mol. The van der Waals surface area contributed by atoms with Crippen LogP contribution in [0.5, 0.6) is 0 Å². The van der Waals surface area contributed by atoms with Gasteiger partial charge in [0, 0.05) is 18.9 Å². The van der Waals surface area contributed by atoms with Gasteiger partial charge in [-0.3, -0.25) is 9.59 Å². The maximum Gasteiger partial charge on any atom is 0.366 e. The van der Waals surface area contributed by atoms with Gasteiger partial charge in [0.2, 0.25) is 0 Å². The van der Waals surface area contributed by atoms with E-state index in [9.17, 15) is 23.2 Å². The molecule has 5 nitrogen and oxygen atoms in total. The van der Waals surface area contributed by atoms with Crippen molar-refractivity contribution in [1.29, 1.82) is 0 Å². The molecule has 1 aliphatic heterocycles. The van der Waals surface area contributed by atoms with Gasteiger partial charge in [0.05, 0.1) is 5.56 Å². The average molecular weight is 255 g/mol. The van der Waals surface area contributed by atoms with Crippen molar-refractivity contribution < 1.29 is 28.0 Å². The Labute approximate surface area is 99.9 Å². The van der Waals surface area contributed by atoms with Gasteiger partial charge in [0.15, 0.2) is 0 Å². The first-order valence-corrected chi connectivity index (χ1v) is 5.02. The van der Waals surface area contributed by atoms with Gasteiger partial charge in [-0.1, -0.05) is 0 Å². The van der Waals surface area contributed by atoms with E-state index in [1.54, 1.807) is 0 Å². The van der Waals surface area contributed by atoms with E-state index in [1.165, 1.54) is 0 Å². The summed E-state index contributed by atoms with van der Waals surface area (Å²) in [6, 6.07) is 2.25. The SMILES string of the molecule is O=C(ON1C(=O)CCC1=O)c1ccc(F)cc1F. The van der Waals surface area contributed by atoms with Gasteiger partial charge in [-0.05, 0) is 12.1 Å². The second kappa shape index (κ2) is 4.52. The molecule has 1 saturated heterocycles. The van der Waals surface area contributed by atoms with Crippen LogP contribution in [0.2, 0.25) is 0 Å². The molecule has 1 fully saturated rings. The maximum atomic E-state index is 13.2. The van der Waals surface area contributed by atoms with Crippen LogP contribution in [0.1, 0.15) is 23.2 Å². The average Bonchev–Trinajstić information content (AvgIpc) is 2.60. The first-order valence-electron chi connectivity index (χ1n) is 5.02. The second-order valence-electron chi connectivity index (χ2n) is 3.58. The summed E-state index contributed by atoms with van der Waals surface area (Å²) in [5.41, 5.74) is -0.552. The minimum Gasteiger partial charge on any atom is -0.325 e. The highest BCUT2D eigenvalue weighted by Gasteiger charge is 2.33. The molecule has 2 amide bonds. The summed E-state index contributed by atoms with van der Waals surface area (Å²) in [7, 11) is 0. The Kier molecular flexibility index (Phi) is 3.05. The van der Waals surface area contributed by atoms with Crippen LogP contribution in [0, 0.1) is 11.6 Å². The van der Waals surface area contributed by atoms with Crippen molar-refractivity contribution in [3.05, 3.63) is 35.4 Å². The van der Waals surface area contributed by atoms with Crippen LogP contribution in [-0.4, -0.2) is 22.8 Å². The van der Waals surface area contributed by atoms with Gasteiger partial charge in [-0.2, -0.15) is 0 Å². The van der Waals surface area contributed by atoms with E-state index in [0.29, 0.717) is 11.1 Å². The fourth-order valence-corrected chi connectivity index (χ4v) is 1.44. The van der Waals surface area contributed by atoms with Gasteiger partial charge in [0.1, 0.15) is 11.6 Å². The number of amides is 2. The first kappa shape index (κ1) is 12.2. The molecule has 1 heterocycles. The van der Waals surface area contributed by atoms with E-state index in [2.05, 4.69) is 4.84 Å². The first-order chi connectivity index (χ1) is 8.49. The van der Waals surface area contributed by atoms with Crippen LogP contribution in [0.15, 0.2) is 18.2 Å². The highest BCUT2D eigenvalue weighted by Crippen LogP contribution is 2.16. The fraction of sp³-hybridized carbons (Fsp3) is 0.182. The molecule has 0 spiro atoms. The summed E-state index contributed by atoms with van der Waals surface area (Å²) in [5.74, 6) is -4.54. The zero-order valence-corrected chi connectivity index (χ0v) is 8.98. The predicted octanol–water partition coefficient (Wildman–Crippen LogP) is 1.19. The van der Waals surface area contributed by atoms with Crippen molar-refractivity contribution >= 4 is 17.8 Å². The maximum absolute atomic E-state index is 13.2. The van der Waals surface area contributed by atoms with Crippen LogP contribution in [0.4, 0.5) is 8.78 Å². The van der Waals surface area contributed by atoms with E-state index >= 15 is 0 Å². The number of hydrogen-bond donors (Lipinski definition) is 0. The molecular weight excluding hydrogens is 248 g/mol. The zero-order chi connectivity index (χ0) is 13.3. The molecule has 0 atom stereocenters. The molecule has 0 N–H and O–H groups in total. The molecule has 0 unspecified atom stereocenters. The third-order valence-electron chi connectivity index (χ3n) is 2.33. The molecule has 94 valence electrons. The molecule has 1 aromatic rings. The van der Waals surface area contributed by atoms with E-state index in [0.717, 1.165) is 12.1 Å². The Hall–Kier alpha value is -2.31. The standard InChI is InChI=1S/C11H7F2NO4/c12-6-1-2-7(8(13)5-6)11(17)18-14-9(15)3-4-10(14)16/h1-2,5H,3-4H2. The van der Waals surface area contributed by atoms with E-state index in [1.807, 2.05) is 0 Å². The number of carbonyl (C=O) groups excluding carboxylic acids is 3. The summed E-state index contributed by atoms with van der Waals surface area (Å²) in [4.78, 5) is 38.3. The summed E-state index contributed by atoms with van der Waals surface area (Å²) in [5, 5.41) is 0.297. The molecule has 0 aromatic heterocycles. The summed E-state index contributed by atoms with van der Waals surface area (Å²) < 4.78 is 25.9.